The van der Waals surface area contributed by atoms with Gasteiger partial charge in [-0.1, -0.05) is 13.8 Å². The number of hydrogen-bond donors (Lipinski definition) is 0. The highest BCUT2D eigenvalue weighted by Crippen LogP contribution is 2.39. The van der Waals surface area contributed by atoms with Gasteiger partial charge in [0.25, 0.3) is 5.91 Å². The number of nitrogens with zero attached hydrogens (tertiary/aromatic N) is 2. The molecule has 0 spiro atoms. The molecular weight excluding hydrogens is 333 g/mol. The molecule has 1 amide bonds. The predicted molar refractivity (Wildman–Crippen MR) is 83.7 cm³/mol. The molecule has 0 bridgehead atoms. The van der Waals surface area contributed by atoms with Gasteiger partial charge in [0.2, 0.25) is 0 Å². The second kappa shape index (κ2) is 5.94. The van der Waals surface area contributed by atoms with Crippen LogP contribution in [0.1, 0.15) is 37.8 Å². The van der Waals surface area contributed by atoms with Crippen molar-refractivity contribution in [2.45, 2.75) is 39.0 Å². The van der Waals surface area contributed by atoms with Crippen LogP contribution in [-0.2, 0) is 11.0 Å². The lowest BCUT2D eigenvalue weighted by Crippen LogP contribution is -2.37. The highest BCUT2D eigenvalue weighted by Gasteiger charge is 2.49. The van der Waals surface area contributed by atoms with Gasteiger partial charge in [-0.3, -0.25) is 4.79 Å². The number of halogens is 3. The van der Waals surface area contributed by atoms with Gasteiger partial charge in [0.05, 0.1) is 17.2 Å². The Kier molecular flexibility index (Phi) is 4.18. The van der Waals surface area contributed by atoms with Gasteiger partial charge in [0, 0.05) is 18.5 Å². The number of hydrogen-bond acceptors (Lipinski definition) is 3. The van der Waals surface area contributed by atoms with E-state index in [0.29, 0.717) is 19.0 Å². The maximum Gasteiger partial charge on any atom is 0.417 e. The van der Waals surface area contributed by atoms with E-state index < -0.39 is 28.8 Å². The van der Waals surface area contributed by atoms with E-state index in [1.807, 2.05) is 13.8 Å². The van der Waals surface area contributed by atoms with Gasteiger partial charge in [-0.05, 0) is 37.0 Å². The molecular formula is C18H19F3N2O2. The Labute approximate surface area is 144 Å². The summed E-state index contributed by atoms with van der Waals surface area (Å²) in [5.74, 6) is 0.297. The molecule has 2 aliphatic rings. The molecule has 4 nitrogen and oxygen atoms in total. The summed E-state index contributed by atoms with van der Waals surface area (Å²) in [6, 6.07) is 4.71. The number of carbonyl (C=O) groups is 1. The van der Waals surface area contributed by atoms with E-state index in [-0.39, 0.29) is 11.7 Å². The third-order valence-electron chi connectivity index (χ3n) is 4.69. The Morgan fingerprint density at radius 3 is 2.60 bits per heavy atom. The van der Waals surface area contributed by atoms with E-state index in [4.69, 9.17) is 10.00 Å². The van der Waals surface area contributed by atoms with Crippen LogP contribution in [-0.4, -0.2) is 30.0 Å². The highest BCUT2D eigenvalue weighted by molar-refractivity contribution is 5.84. The normalized spacial score (nSPS) is 22.8. The summed E-state index contributed by atoms with van der Waals surface area (Å²) in [4.78, 5) is 14.4. The van der Waals surface area contributed by atoms with E-state index in [1.54, 1.807) is 4.90 Å². The molecule has 1 aliphatic carbocycles. The first-order valence-corrected chi connectivity index (χ1v) is 8.18. The van der Waals surface area contributed by atoms with Crippen molar-refractivity contribution in [3.05, 3.63) is 29.3 Å². The summed E-state index contributed by atoms with van der Waals surface area (Å²) in [7, 11) is 0. The number of ether oxygens (including phenoxy) is 1. The van der Waals surface area contributed by atoms with E-state index >= 15 is 0 Å². The zero-order chi connectivity index (χ0) is 18.4. The summed E-state index contributed by atoms with van der Waals surface area (Å²) < 4.78 is 44.9. The molecule has 1 aliphatic heterocycles. The molecule has 1 atom stereocenters. The van der Waals surface area contributed by atoms with Crippen molar-refractivity contribution < 1.29 is 22.7 Å². The molecule has 1 saturated heterocycles. The number of alkyl halides is 3. The predicted octanol–water partition coefficient (Wildman–Crippen LogP) is 3.60. The van der Waals surface area contributed by atoms with Crippen LogP contribution < -0.4 is 4.74 Å². The molecule has 1 aromatic rings. The van der Waals surface area contributed by atoms with Crippen molar-refractivity contribution in [2.75, 3.05) is 13.1 Å². The van der Waals surface area contributed by atoms with E-state index in [2.05, 4.69) is 0 Å². The smallest absolute Gasteiger partial charge is 0.417 e. The molecule has 25 heavy (non-hydrogen) atoms. The van der Waals surface area contributed by atoms with Gasteiger partial charge >= 0.3 is 6.18 Å². The van der Waals surface area contributed by atoms with Crippen LogP contribution in [0.25, 0.3) is 0 Å². The number of nitriles is 1. The van der Waals surface area contributed by atoms with Crippen molar-refractivity contribution in [1.82, 2.24) is 4.90 Å². The topological polar surface area (TPSA) is 53.3 Å². The number of amides is 1. The summed E-state index contributed by atoms with van der Waals surface area (Å²) in [5.41, 5.74) is -2.02. The molecule has 0 radical (unpaired) electrons. The standard InChI is InChI=1S/C18H19F3N2O2/c1-17(2)10-23(9-11-3-4-11)16(24)15(17)25-13-6-5-12(8-22)14(7-13)18(19,20)21/h5-7,11,15H,3-4,9-10H2,1-2H3. The Hall–Kier alpha value is -2.23. The largest absolute Gasteiger partial charge is 0.480 e. The van der Waals surface area contributed by atoms with Gasteiger partial charge in [0.1, 0.15) is 5.75 Å². The minimum absolute atomic E-state index is 0.0500. The third-order valence-corrected chi connectivity index (χ3v) is 4.69. The first-order chi connectivity index (χ1) is 11.6. The number of benzene rings is 1. The first kappa shape index (κ1) is 17.6. The SMILES string of the molecule is CC1(C)CN(CC2CC2)C(=O)C1Oc1ccc(C#N)c(C(F)(F)F)c1. The second-order valence-corrected chi connectivity index (χ2v) is 7.47. The number of carbonyl (C=O) groups excluding carboxylic acids is 1. The fourth-order valence-corrected chi connectivity index (χ4v) is 3.19. The molecule has 2 fully saturated rings. The molecule has 134 valence electrons. The highest BCUT2D eigenvalue weighted by atomic mass is 19.4. The number of rotatable bonds is 4. The molecule has 1 aromatic carbocycles. The molecule has 1 heterocycles. The van der Waals surface area contributed by atoms with Gasteiger partial charge in [-0.15, -0.1) is 0 Å². The van der Waals surface area contributed by atoms with Crippen LogP contribution in [0.4, 0.5) is 13.2 Å². The van der Waals surface area contributed by atoms with E-state index in [0.717, 1.165) is 25.0 Å². The summed E-state index contributed by atoms with van der Waals surface area (Å²) >= 11 is 0. The Bertz CT molecular complexity index is 733. The monoisotopic (exact) mass is 352 g/mol. The molecule has 0 N–H and O–H groups in total. The van der Waals surface area contributed by atoms with Crippen molar-refractivity contribution in [3.8, 4) is 11.8 Å². The van der Waals surface area contributed by atoms with Crippen molar-refractivity contribution in [2.24, 2.45) is 11.3 Å². The van der Waals surface area contributed by atoms with Crippen LogP contribution in [0, 0.1) is 22.7 Å². The van der Waals surface area contributed by atoms with Gasteiger partial charge < -0.3 is 9.64 Å². The fourth-order valence-electron chi connectivity index (χ4n) is 3.19. The number of likely N-dealkylation sites (tertiary alicyclic amines) is 1. The van der Waals surface area contributed by atoms with Crippen LogP contribution in [0.5, 0.6) is 5.75 Å². The van der Waals surface area contributed by atoms with E-state index in [1.165, 1.54) is 12.1 Å². The van der Waals surface area contributed by atoms with Crippen molar-refractivity contribution >= 4 is 5.91 Å². The summed E-state index contributed by atoms with van der Waals surface area (Å²) in [6.45, 7) is 4.95. The minimum Gasteiger partial charge on any atom is -0.480 e. The Morgan fingerprint density at radius 1 is 1.36 bits per heavy atom. The molecule has 1 unspecified atom stereocenters. The molecule has 1 saturated carbocycles. The molecule has 7 heteroatoms. The van der Waals surface area contributed by atoms with Crippen LogP contribution in [0.3, 0.4) is 0 Å². The van der Waals surface area contributed by atoms with Crippen molar-refractivity contribution in [1.29, 1.82) is 5.26 Å². The van der Waals surface area contributed by atoms with Gasteiger partial charge in [-0.2, -0.15) is 18.4 Å². The van der Waals surface area contributed by atoms with Crippen LogP contribution in [0.15, 0.2) is 18.2 Å². The average Bonchev–Trinajstić information content (AvgIpc) is 3.30. The zero-order valence-electron chi connectivity index (χ0n) is 14.1. The van der Waals surface area contributed by atoms with Gasteiger partial charge in [-0.25, -0.2) is 0 Å². The fraction of sp³-hybridized carbons (Fsp3) is 0.556. The first-order valence-electron chi connectivity index (χ1n) is 8.18. The summed E-state index contributed by atoms with van der Waals surface area (Å²) in [6.07, 6.45) is -3.27. The van der Waals surface area contributed by atoms with E-state index in [9.17, 15) is 18.0 Å². The lowest BCUT2D eigenvalue weighted by atomic mass is 9.89. The molecule has 0 aromatic heterocycles. The van der Waals surface area contributed by atoms with Crippen LogP contribution >= 0.6 is 0 Å². The quantitative estimate of drug-likeness (QED) is 0.832. The van der Waals surface area contributed by atoms with Crippen LogP contribution in [0.2, 0.25) is 0 Å². The maximum atomic E-state index is 13.1. The summed E-state index contributed by atoms with van der Waals surface area (Å²) in [5, 5.41) is 8.85. The minimum atomic E-state index is -4.66. The lowest BCUT2D eigenvalue weighted by Gasteiger charge is -2.24. The lowest BCUT2D eigenvalue weighted by molar-refractivity contribution is -0.138. The zero-order valence-corrected chi connectivity index (χ0v) is 14.1. The Balaban J connectivity index is 1.83. The van der Waals surface area contributed by atoms with Gasteiger partial charge in [0.15, 0.2) is 6.10 Å². The second-order valence-electron chi connectivity index (χ2n) is 7.47. The molecule has 3 rings (SSSR count). The van der Waals surface area contributed by atoms with Crippen molar-refractivity contribution in [3.63, 3.8) is 0 Å². The maximum absolute atomic E-state index is 13.1. The Morgan fingerprint density at radius 2 is 2.04 bits per heavy atom. The average molecular weight is 352 g/mol. The third kappa shape index (κ3) is 3.58.